The highest BCUT2D eigenvalue weighted by Gasteiger charge is 2.29. The van der Waals surface area contributed by atoms with Gasteiger partial charge in [-0.25, -0.2) is 14.4 Å². The van der Waals surface area contributed by atoms with E-state index in [1.807, 2.05) is 54.6 Å². The molecule has 0 heterocycles. The lowest BCUT2D eigenvalue weighted by molar-refractivity contribution is -0.385. The molecule has 0 aromatic heterocycles. The number of phenols is 4. The van der Waals surface area contributed by atoms with Crippen molar-refractivity contribution in [1.29, 1.82) is 10.5 Å². The van der Waals surface area contributed by atoms with Crippen LogP contribution in [0.25, 0.3) is 0 Å². The van der Waals surface area contributed by atoms with Gasteiger partial charge < -0.3 is 55.0 Å². The third kappa shape index (κ3) is 26.6. The molecule has 102 heavy (non-hydrogen) atoms. The molecule has 12 rings (SSSR count). The lowest BCUT2D eigenvalue weighted by atomic mass is 9.94. The molecule has 26 heteroatoms. The summed E-state index contributed by atoms with van der Waals surface area (Å²) in [7, 11) is 4.73. The Balaban J connectivity index is 0.000000255. The van der Waals surface area contributed by atoms with Gasteiger partial charge in [-0.05, 0) is 223 Å². The van der Waals surface area contributed by atoms with E-state index in [2.05, 4.69) is 79.7 Å². The second kappa shape index (κ2) is 45.0. The maximum Gasteiger partial charge on any atom is 0.513 e. The number of nitrogen functional groups attached to an aromatic ring is 1. The highest BCUT2D eigenvalue weighted by Crippen LogP contribution is 2.46. The quantitative estimate of drug-likeness (QED) is 0.0141. The molecule has 22 nitrogen and oxygen atoms in total. The molecular formula is C76H93Br3ClN5O17. The van der Waals surface area contributed by atoms with Crippen molar-refractivity contribution in [1.82, 2.24) is 0 Å². The number of phenolic OH excluding ortho intramolecular Hbond substituents is 4. The summed E-state index contributed by atoms with van der Waals surface area (Å²) in [5.41, 5.74) is 11.0. The first-order valence-electron chi connectivity index (χ1n) is 33.7. The van der Waals surface area contributed by atoms with Gasteiger partial charge in [-0.2, -0.15) is 10.5 Å². The second-order valence-electron chi connectivity index (χ2n) is 24.9. The summed E-state index contributed by atoms with van der Waals surface area (Å²) in [6.07, 6.45) is 26.4. The third-order valence-corrected chi connectivity index (χ3v) is 20.4. The molecular weight excluding hydrogens is 1530 g/mol. The van der Waals surface area contributed by atoms with E-state index in [9.17, 15) is 55.0 Å². The van der Waals surface area contributed by atoms with Gasteiger partial charge in [0, 0.05) is 33.7 Å². The van der Waals surface area contributed by atoms with Crippen molar-refractivity contribution in [3.8, 4) is 46.6 Å². The Kier molecular flexibility index (Phi) is 38.0. The predicted octanol–water partition coefficient (Wildman–Crippen LogP) is 21.8. The normalized spacial score (nSPS) is 15.5. The van der Waals surface area contributed by atoms with Crippen LogP contribution in [-0.4, -0.2) is 81.6 Å². The number of aliphatic hydroxyl groups is 1. The first kappa shape index (κ1) is 86.2. The summed E-state index contributed by atoms with van der Waals surface area (Å²) in [5.74, 6) is 4.49. The Hall–Kier alpha value is -8.20. The van der Waals surface area contributed by atoms with Crippen molar-refractivity contribution in [2.45, 2.75) is 197 Å². The number of carbonyl (C=O) groups excluding carboxylic acids is 3. The van der Waals surface area contributed by atoms with Gasteiger partial charge >= 0.3 is 17.7 Å². The molecule has 6 aromatic rings. The first-order chi connectivity index (χ1) is 48.5. The number of halogens is 4. The number of aromatic hydroxyl groups is 4. The molecule has 0 atom stereocenters. The number of hydrogen-bond acceptors (Lipinski definition) is 20. The van der Waals surface area contributed by atoms with E-state index in [0.29, 0.717) is 62.2 Å². The molecule has 0 radical (unpaired) electrons. The number of para-hydroxylation sites is 1. The average molecular weight is 1620 g/mol. The van der Waals surface area contributed by atoms with Crippen LogP contribution in [0.4, 0.5) is 31.4 Å². The van der Waals surface area contributed by atoms with Crippen LogP contribution in [0.3, 0.4) is 0 Å². The lowest BCUT2D eigenvalue weighted by Crippen LogP contribution is -2.10. The van der Waals surface area contributed by atoms with Gasteiger partial charge in [0.05, 0.1) is 59.0 Å². The molecule has 0 amide bonds. The Labute approximate surface area is 627 Å². The SMILES string of the molecule is C.CO.COC(=O)Cl.COC(=O)Oc1cc([N+](=O)[O-])c(Br)cc1C1CCCC1.COC(=O)Oc1ccc(Br)cc1C1CCCC1.N#Cc1cc(C2CCCC2)c(O)cc1N.N#Cc1cc(C2CCCC2)c(O)cc1[N+](=O)[O-].Oc1ccc(Br)cc1C1CCCC1.Oc1ccccc1C1CCCC1. The fourth-order valence-electron chi connectivity index (χ4n) is 13.6. The summed E-state index contributed by atoms with van der Waals surface area (Å²) in [5, 5.41) is 85.3. The van der Waals surface area contributed by atoms with Crippen molar-refractivity contribution in [3.63, 3.8) is 0 Å². The van der Waals surface area contributed by atoms with Crippen LogP contribution in [0.5, 0.6) is 34.5 Å². The number of nitriles is 2. The highest BCUT2D eigenvalue weighted by atomic mass is 79.9. The van der Waals surface area contributed by atoms with E-state index in [-0.39, 0.29) is 53.4 Å². The maximum atomic E-state index is 11.3. The number of anilines is 1. The predicted molar refractivity (Wildman–Crippen MR) is 402 cm³/mol. The van der Waals surface area contributed by atoms with Gasteiger partial charge in [-0.15, -0.1) is 0 Å². The van der Waals surface area contributed by atoms with Crippen molar-refractivity contribution in [2.75, 3.05) is 34.2 Å². The number of rotatable bonds is 10. The number of nitrogens with zero attached hydrogens (tertiary/aromatic N) is 4. The van der Waals surface area contributed by atoms with Crippen LogP contribution in [0, 0.1) is 42.9 Å². The van der Waals surface area contributed by atoms with Crippen molar-refractivity contribution in [2.24, 2.45) is 0 Å². The van der Waals surface area contributed by atoms with Gasteiger partial charge in [-0.3, -0.25) is 20.2 Å². The lowest BCUT2D eigenvalue weighted by Gasteiger charge is -2.15. The number of nitro benzene ring substituents is 2. The monoisotopic (exact) mass is 1620 g/mol. The Morgan fingerprint density at radius 3 is 1.21 bits per heavy atom. The Morgan fingerprint density at radius 2 is 0.804 bits per heavy atom. The zero-order valence-electron chi connectivity index (χ0n) is 57.2. The highest BCUT2D eigenvalue weighted by molar-refractivity contribution is 9.11. The number of methoxy groups -OCH3 is 3. The number of benzene rings is 6. The number of ether oxygens (including phenoxy) is 5. The van der Waals surface area contributed by atoms with E-state index in [1.165, 1.54) is 117 Å². The number of carbonyl (C=O) groups is 3. The molecule has 0 bridgehead atoms. The van der Waals surface area contributed by atoms with Crippen LogP contribution < -0.4 is 15.2 Å². The van der Waals surface area contributed by atoms with Gasteiger partial charge in [0.1, 0.15) is 52.2 Å². The molecule has 6 aliphatic rings. The van der Waals surface area contributed by atoms with E-state index >= 15 is 0 Å². The van der Waals surface area contributed by atoms with Crippen LogP contribution >= 0.6 is 59.4 Å². The summed E-state index contributed by atoms with van der Waals surface area (Å²) < 4.78 is 25.6. The topological polar surface area (TPSA) is 358 Å². The smallest absolute Gasteiger partial charge is 0.508 e. The second-order valence-corrected chi connectivity index (χ2v) is 27.9. The largest absolute Gasteiger partial charge is 0.513 e. The van der Waals surface area contributed by atoms with Crippen molar-refractivity contribution in [3.05, 3.63) is 175 Å². The molecule has 0 unspecified atom stereocenters. The number of nitrogens with two attached hydrogens (primary N) is 1. The van der Waals surface area contributed by atoms with Gasteiger partial charge in [0.25, 0.3) is 11.4 Å². The maximum absolute atomic E-state index is 11.3. The molecule has 6 aliphatic carbocycles. The van der Waals surface area contributed by atoms with Crippen LogP contribution in [-0.2, 0) is 14.2 Å². The van der Waals surface area contributed by atoms with E-state index in [1.54, 1.807) is 24.3 Å². The number of hydrogen-bond donors (Lipinski definition) is 6. The van der Waals surface area contributed by atoms with E-state index in [0.717, 1.165) is 127 Å². The average Bonchev–Trinajstić information content (AvgIpc) is 1.19. The number of aliphatic hydroxyl groups excluding tert-OH is 1. The minimum atomic E-state index is -0.874. The van der Waals surface area contributed by atoms with Crippen molar-refractivity contribution < 1.29 is 73.4 Å². The zero-order valence-corrected chi connectivity index (χ0v) is 62.7. The molecule has 6 fully saturated rings. The molecule has 7 N–H and O–H groups in total. The molecule has 0 aliphatic heterocycles. The molecule has 0 saturated heterocycles. The minimum absolute atomic E-state index is 0. The fraction of sp³-hybridized carbons (Fsp3) is 0.461. The molecule has 0 spiro atoms. The Bertz CT molecular complexity index is 3790. The third-order valence-electron chi connectivity index (χ3n) is 18.6. The van der Waals surface area contributed by atoms with Crippen LogP contribution in [0.2, 0.25) is 0 Å². The van der Waals surface area contributed by atoms with Gasteiger partial charge in [0.2, 0.25) is 0 Å². The summed E-state index contributed by atoms with van der Waals surface area (Å²) in [6.45, 7) is 0. The fourth-order valence-corrected chi connectivity index (χ4v) is 14.9. The van der Waals surface area contributed by atoms with Crippen LogP contribution in [0.1, 0.15) is 242 Å². The van der Waals surface area contributed by atoms with Gasteiger partial charge in [-0.1, -0.05) is 135 Å². The Morgan fingerprint density at radius 1 is 0.461 bits per heavy atom. The minimum Gasteiger partial charge on any atom is -0.508 e. The summed E-state index contributed by atoms with van der Waals surface area (Å²) in [4.78, 5) is 52.3. The molecule has 6 saturated carbocycles. The van der Waals surface area contributed by atoms with Gasteiger partial charge in [0.15, 0.2) is 0 Å². The zero-order chi connectivity index (χ0) is 74.1. The molecule has 552 valence electrons. The summed E-state index contributed by atoms with van der Waals surface area (Å²) >= 11 is 14.7. The number of nitro groups is 2. The van der Waals surface area contributed by atoms with E-state index in [4.69, 9.17) is 30.8 Å². The van der Waals surface area contributed by atoms with Crippen LogP contribution in [0.15, 0.2) is 110 Å². The molecule has 6 aromatic carbocycles. The standard InChI is InChI=1S/C13H14BrNO5.C13H15BrO3.C12H12N2O3.C12H14N2O.C11H13BrO.C11H14O.C2H3ClO2.CH4O.CH4/c1-19-13(16)20-12-7-11(15(17)18)10(14)6-9(12)8-4-2-3-5-8;1-16-13(15)17-12-7-6-10(14)8-11(12)9-4-2-3-5-9;13-7-9-5-10(8-3-1-2-4-8)12(15)6-11(9)14(16)17;13-7-9-5-10(8-3-1-2-4-8)12(15)6-11(9)14;12-9-5-6-11(13)10(7-9)8-3-1-2-4-8;12-11-8-4-3-7-10(11)9-5-1-2-6-9;1-5-2(3)4;1-2;/h6-8H,2-5H2,1H3;6-9H,2-5H2,1H3;5-6,8,15H,1-4H2;5-6,8,15H,1-4,14H2;5-8,13H,1-4H2;3-4,7-9,12H,1-2,5-6H2;1H3;2H,1H3;1H4. The van der Waals surface area contributed by atoms with Crippen molar-refractivity contribution >= 4 is 94.2 Å². The first-order valence-corrected chi connectivity index (χ1v) is 36.4. The summed E-state index contributed by atoms with van der Waals surface area (Å²) in [6, 6.07) is 31.7. The van der Waals surface area contributed by atoms with E-state index < -0.39 is 27.6 Å².